The van der Waals surface area contributed by atoms with Gasteiger partial charge in [-0.1, -0.05) is 13.0 Å². The number of carbonyl (C=O) groups is 1. The van der Waals surface area contributed by atoms with E-state index in [2.05, 4.69) is 37.8 Å². The van der Waals surface area contributed by atoms with E-state index in [0.29, 0.717) is 6.42 Å². The lowest BCUT2D eigenvalue weighted by Gasteiger charge is -2.19. The Bertz CT molecular complexity index is 913. The summed E-state index contributed by atoms with van der Waals surface area (Å²) in [6.45, 7) is 2.02. The molecule has 3 aromatic rings. The van der Waals surface area contributed by atoms with Crippen LogP contribution in [0.15, 0.2) is 47.8 Å². The third-order valence-electron chi connectivity index (χ3n) is 4.07. The molecule has 1 unspecified atom stereocenters. The van der Waals surface area contributed by atoms with Crippen LogP contribution in [0, 0.1) is 5.92 Å². The van der Waals surface area contributed by atoms with Crippen LogP contribution < -0.4 is 5.43 Å². The molecule has 4 rings (SSSR count). The van der Waals surface area contributed by atoms with Gasteiger partial charge in [0.05, 0.1) is 18.1 Å². The van der Waals surface area contributed by atoms with Crippen LogP contribution >= 0.6 is 0 Å². The predicted octanol–water partition coefficient (Wildman–Crippen LogP) is 2.49. The first-order valence-corrected chi connectivity index (χ1v) is 7.47. The third kappa shape index (κ3) is 2.48. The highest BCUT2D eigenvalue weighted by molar-refractivity contribution is 6.07. The lowest BCUT2D eigenvalue weighted by Crippen LogP contribution is -2.31. The number of benzene rings is 1. The minimum Gasteiger partial charge on any atom is -0.354 e. The maximum absolute atomic E-state index is 11.4. The van der Waals surface area contributed by atoms with Crippen LogP contribution in [0.5, 0.6) is 0 Å². The van der Waals surface area contributed by atoms with Gasteiger partial charge in [0.25, 0.3) is 0 Å². The van der Waals surface area contributed by atoms with Crippen LogP contribution in [0.4, 0.5) is 0 Å². The Labute approximate surface area is 132 Å². The molecule has 0 radical (unpaired) electrons. The normalized spacial score (nSPS) is 17.9. The Kier molecular flexibility index (Phi) is 3.15. The molecule has 0 bridgehead atoms. The van der Waals surface area contributed by atoms with Crippen molar-refractivity contribution < 1.29 is 4.79 Å². The van der Waals surface area contributed by atoms with E-state index in [9.17, 15) is 4.79 Å². The molecule has 2 N–H and O–H groups in total. The van der Waals surface area contributed by atoms with Crippen LogP contribution in [-0.2, 0) is 4.79 Å². The first-order chi connectivity index (χ1) is 11.2. The maximum atomic E-state index is 11.4. The van der Waals surface area contributed by atoms with Crippen molar-refractivity contribution in [3.8, 4) is 11.3 Å². The lowest BCUT2D eigenvalue weighted by atomic mass is 9.93. The Hall–Kier alpha value is -3.02. The number of H-pyrrole nitrogens is 1. The van der Waals surface area contributed by atoms with Gasteiger partial charge >= 0.3 is 0 Å². The molecule has 114 valence electrons. The topological polar surface area (TPSA) is 83.0 Å². The van der Waals surface area contributed by atoms with Crippen LogP contribution in [0.1, 0.15) is 18.9 Å². The number of hydrogen-bond donors (Lipinski definition) is 2. The van der Waals surface area contributed by atoms with Crippen LogP contribution in [0.25, 0.3) is 22.2 Å². The zero-order valence-electron chi connectivity index (χ0n) is 12.6. The number of aromatic nitrogens is 3. The number of hydrogen-bond acceptors (Lipinski definition) is 4. The van der Waals surface area contributed by atoms with Crippen molar-refractivity contribution in [2.75, 3.05) is 0 Å². The van der Waals surface area contributed by atoms with Crippen molar-refractivity contribution in [2.45, 2.75) is 13.3 Å². The maximum Gasteiger partial charge on any atom is 0.240 e. The molecule has 0 saturated heterocycles. The largest absolute Gasteiger partial charge is 0.354 e. The van der Waals surface area contributed by atoms with E-state index in [4.69, 9.17) is 0 Å². The number of rotatable bonds is 2. The minimum absolute atomic E-state index is 0.0311. The van der Waals surface area contributed by atoms with Crippen molar-refractivity contribution >= 4 is 22.5 Å². The molecule has 0 fully saturated rings. The van der Waals surface area contributed by atoms with Crippen molar-refractivity contribution in [1.29, 1.82) is 0 Å². The summed E-state index contributed by atoms with van der Waals surface area (Å²) >= 11 is 0. The highest BCUT2D eigenvalue weighted by Gasteiger charge is 2.21. The van der Waals surface area contributed by atoms with Gasteiger partial charge in [0.1, 0.15) is 0 Å². The van der Waals surface area contributed by atoms with Gasteiger partial charge < -0.3 is 4.98 Å². The molecule has 1 aliphatic rings. The summed E-state index contributed by atoms with van der Waals surface area (Å²) in [5.41, 5.74) is 7.56. The van der Waals surface area contributed by atoms with Gasteiger partial charge in [-0.25, -0.2) is 5.43 Å². The van der Waals surface area contributed by atoms with Gasteiger partial charge in [0, 0.05) is 34.5 Å². The lowest BCUT2D eigenvalue weighted by molar-refractivity contribution is -0.121. The van der Waals surface area contributed by atoms with Gasteiger partial charge in [-0.2, -0.15) is 15.3 Å². The Morgan fingerprint density at radius 2 is 2.04 bits per heavy atom. The number of aromatic amines is 1. The number of amides is 1. The summed E-state index contributed by atoms with van der Waals surface area (Å²) in [5, 5.41) is 13.0. The van der Waals surface area contributed by atoms with Crippen LogP contribution in [-0.4, -0.2) is 26.8 Å². The van der Waals surface area contributed by atoms with E-state index < -0.39 is 0 Å². The fourth-order valence-corrected chi connectivity index (χ4v) is 2.90. The van der Waals surface area contributed by atoms with Crippen LogP contribution in [0.3, 0.4) is 0 Å². The molecule has 6 nitrogen and oxygen atoms in total. The quantitative estimate of drug-likeness (QED) is 0.763. The summed E-state index contributed by atoms with van der Waals surface area (Å²) in [4.78, 5) is 14.8. The van der Waals surface area contributed by atoms with Gasteiger partial charge in [-0.15, -0.1) is 0 Å². The molecule has 0 spiro atoms. The van der Waals surface area contributed by atoms with E-state index in [1.54, 1.807) is 12.4 Å². The number of nitrogens with zero attached hydrogens (tertiary/aromatic N) is 3. The summed E-state index contributed by atoms with van der Waals surface area (Å²) < 4.78 is 0. The molecule has 3 heterocycles. The molecular weight excluding hydrogens is 290 g/mol. The molecular formula is C17H15N5O. The standard InChI is InChI=1S/C17H15N5O/c1-10-6-16(23)21-22-17(10)11-2-3-14-13(7-11)8-15(20-14)12-4-5-18-19-9-12/h2-5,7-10,20H,6H2,1H3,(H,21,23). The zero-order chi connectivity index (χ0) is 15.8. The van der Waals surface area contributed by atoms with Crippen molar-refractivity contribution in [1.82, 2.24) is 20.6 Å². The van der Waals surface area contributed by atoms with Gasteiger partial charge in [-0.3, -0.25) is 4.79 Å². The fraction of sp³-hybridized carbons (Fsp3) is 0.176. The molecule has 1 atom stereocenters. The highest BCUT2D eigenvalue weighted by atomic mass is 16.2. The highest BCUT2D eigenvalue weighted by Crippen LogP contribution is 2.26. The molecule has 1 aromatic carbocycles. The third-order valence-corrected chi connectivity index (χ3v) is 4.07. The molecule has 1 amide bonds. The monoisotopic (exact) mass is 305 g/mol. The molecule has 0 aliphatic carbocycles. The van der Waals surface area contributed by atoms with Crippen LogP contribution in [0.2, 0.25) is 0 Å². The molecule has 1 aliphatic heterocycles. The first-order valence-electron chi connectivity index (χ1n) is 7.47. The average molecular weight is 305 g/mol. The molecule has 6 heteroatoms. The Balaban J connectivity index is 1.75. The van der Waals surface area contributed by atoms with Gasteiger partial charge in [-0.05, 0) is 29.8 Å². The number of hydrazone groups is 1. The SMILES string of the molecule is CC1CC(=O)NN=C1c1ccc2[nH]c(-c3ccnnc3)cc2c1. The molecule has 2 aromatic heterocycles. The zero-order valence-corrected chi connectivity index (χ0v) is 12.6. The molecule has 23 heavy (non-hydrogen) atoms. The first kappa shape index (κ1) is 13.6. The summed E-state index contributed by atoms with van der Waals surface area (Å²) in [6.07, 6.45) is 3.87. The van der Waals surface area contributed by atoms with E-state index in [1.165, 1.54) is 0 Å². The van der Waals surface area contributed by atoms with Gasteiger partial charge in [0.15, 0.2) is 0 Å². The summed E-state index contributed by atoms with van der Waals surface area (Å²) in [5.74, 6) is 0.0838. The van der Waals surface area contributed by atoms with Crippen molar-refractivity contribution in [2.24, 2.45) is 11.0 Å². The number of fused-ring (bicyclic) bond motifs is 1. The number of nitrogens with one attached hydrogen (secondary N) is 2. The second kappa shape index (κ2) is 5.31. The second-order valence-corrected chi connectivity index (χ2v) is 5.75. The smallest absolute Gasteiger partial charge is 0.240 e. The Morgan fingerprint density at radius 1 is 1.13 bits per heavy atom. The summed E-state index contributed by atoms with van der Waals surface area (Å²) in [7, 11) is 0. The predicted molar refractivity (Wildman–Crippen MR) is 87.8 cm³/mol. The van der Waals surface area contributed by atoms with E-state index in [0.717, 1.165) is 33.4 Å². The molecule has 0 saturated carbocycles. The van der Waals surface area contributed by atoms with E-state index in [-0.39, 0.29) is 11.8 Å². The minimum atomic E-state index is -0.0311. The average Bonchev–Trinajstić information content (AvgIpc) is 2.99. The summed E-state index contributed by atoms with van der Waals surface area (Å²) in [6, 6.07) is 10.2. The second-order valence-electron chi connectivity index (χ2n) is 5.75. The Morgan fingerprint density at radius 3 is 2.83 bits per heavy atom. The van der Waals surface area contributed by atoms with Crippen molar-refractivity contribution in [3.63, 3.8) is 0 Å². The number of carbonyl (C=O) groups excluding carboxylic acids is 1. The van der Waals surface area contributed by atoms with Crippen molar-refractivity contribution in [3.05, 3.63) is 48.3 Å². The fourth-order valence-electron chi connectivity index (χ4n) is 2.90. The van der Waals surface area contributed by atoms with E-state index >= 15 is 0 Å². The van der Waals surface area contributed by atoms with E-state index in [1.807, 2.05) is 25.1 Å². The van der Waals surface area contributed by atoms with Gasteiger partial charge in [0.2, 0.25) is 5.91 Å².